The van der Waals surface area contributed by atoms with Crippen LogP contribution in [0, 0.1) is 18.2 Å². The number of amides is 1. The topological polar surface area (TPSA) is 79.8 Å². The third-order valence-corrected chi connectivity index (χ3v) is 4.79. The summed E-state index contributed by atoms with van der Waals surface area (Å²) < 4.78 is 15.1. The highest BCUT2D eigenvalue weighted by molar-refractivity contribution is 5.90. The summed E-state index contributed by atoms with van der Waals surface area (Å²) in [5.41, 5.74) is 1.16. The van der Waals surface area contributed by atoms with Crippen LogP contribution in [0.3, 0.4) is 0 Å². The van der Waals surface area contributed by atoms with Crippen molar-refractivity contribution in [3.8, 4) is 0 Å². The van der Waals surface area contributed by atoms with E-state index in [9.17, 15) is 14.0 Å². The zero-order valence-corrected chi connectivity index (χ0v) is 13.9. The van der Waals surface area contributed by atoms with Crippen molar-refractivity contribution in [2.75, 3.05) is 6.54 Å². The number of carbonyl (C=O) groups is 1. The van der Waals surface area contributed by atoms with E-state index in [1.54, 1.807) is 6.07 Å². The summed E-state index contributed by atoms with van der Waals surface area (Å²) >= 11 is 0. The van der Waals surface area contributed by atoms with Crippen LogP contribution in [-0.4, -0.2) is 27.2 Å². The Hall–Kier alpha value is -2.44. The van der Waals surface area contributed by atoms with Gasteiger partial charge < -0.3 is 5.32 Å². The second-order valence-electron chi connectivity index (χ2n) is 6.71. The molecule has 2 aromatic rings. The quantitative estimate of drug-likeness (QED) is 0.874. The zero-order chi connectivity index (χ0) is 17.3. The fourth-order valence-electron chi connectivity index (χ4n) is 3.19. The normalized spacial score (nSPS) is 15.8. The first-order valence-electron chi connectivity index (χ1n) is 8.05. The molecule has 0 unspecified atom stereocenters. The molecule has 0 aliphatic heterocycles. The number of benzene rings is 1. The molecule has 1 aliphatic rings. The molecule has 0 bridgehead atoms. The van der Waals surface area contributed by atoms with Gasteiger partial charge >= 0.3 is 5.69 Å². The molecule has 0 radical (unpaired) electrons. The molecule has 0 saturated heterocycles. The molecule has 24 heavy (non-hydrogen) atoms. The van der Waals surface area contributed by atoms with E-state index in [-0.39, 0.29) is 17.1 Å². The van der Waals surface area contributed by atoms with Crippen LogP contribution >= 0.6 is 0 Å². The van der Waals surface area contributed by atoms with Crippen LogP contribution in [0.2, 0.25) is 0 Å². The lowest BCUT2D eigenvalue weighted by atomic mass is 9.65. The van der Waals surface area contributed by atoms with Crippen LogP contribution in [-0.2, 0) is 13.5 Å². The van der Waals surface area contributed by atoms with Crippen LogP contribution in [0.5, 0.6) is 0 Å². The lowest BCUT2D eigenvalue weighted by molar-refractivity contribution is 0.0848. The Balaban J connectivity index is 1.68. The minimum atomic E-state index is -0.430. The van der Waals surface area contributed by atoms with E-state index in [2.05, 4.69) is 15.4 Å². The number of H-pyrrole nitrogens is 1. The van der Waals surface area contributed by atoms with Crippen molar-refractivity contribution in [2.24, 2.45) is 12.5 Å². The first-order valence-corrected chi connectivity index (χ1v) is 8.05. The van der Waals surface area contributed by atoms with Crippen molar-refractivity contribution >= 4 is 5.91 Å². The maximum atomic E-state index is 14.0. The van der Waals surface area contributed by atoms with Gasteiger partial charge in [0.2, 0.25) is 5.82 Å². The van der Waals surface area contributed by atoms with Crippen molar-refractivity contribution in [1.29, 1.82) is 0 Å². The minimum Gasteiger partial charge on any atom is -0.349 e. The standard InChI is InChI=1S/C17H21FN4O2/c1-11-4-5-13(18)12(8-11)9-17(6-3-7-17)10-19-15(23)14-20-16(24)22(2)21-14/h4-5,8H,3,6-7,9-10H2,1-2H3,(H,19,23)(H,20,21,24). The lowest BCUT2D eigenvalue weighted by Gasteiger charge is -2.42. The summed E-state index contributed by atoms with van der Waals surface area (Å²) in [4.78, 5) is 25.9. The molecule has 1 saturated carbocycles. The molecule has 0 atom stereocenters. The lowest BCUT2D eigenvalue weighted by Crippen LogP contribution is -2.44. The van der Waals surface area contributed by atoms with Crippen molar-refractivity contribution in [1.82, 2.24) is 20.1 Å². The maximum absolute atomic E-state index is 14.0. The van der Waals surface area contributed by atoms with Crippen LogP contribution in [0.1, 0.15) is 41.0 Å². The van der Waals surface area contributed by atoms with Crippen LogP contribution in [0.4, 0.5) is 4.39 Å². The summed E-state index contributed by atoms with van der Waals surface area (Å²) in [6.45, 7) is 2.38. The molecule has 1 fully saturated rings. The van der Waals surface area contributed by atoms with Crippen molar-refractivity contribution in [3.05, 3.63) is 51.5 Å². The summed E-state index contributed by atoms with van der Waals surface area (Å²) in [6, 6.07) is 5.12. The van der Waals surface area contributed by atoms with Gasteiger partial charge in [-0.2, -0.15) is 0 Å². The SMILES string of the molecule is Cc1ccc(F)c(CC2(CNC(=O)c3nn(C)c(=O)[nH]3)CCC2)c1. The van der Waals surface area contributed by atoms with Gasteiger partial charge in [-0.15, -0.1) is 5.10 Å². The first-order chi connectivity index (χ1) is 11.4. The highest BCUT2D eigenvalue weighted by Crippen LogP contribution is 2.43. The van der Waals surface area contributed by atoms with E-state index < -0.39 is 11.6 Å². The van der Waals surface area contributed by atoms with E-state index in [0.29, 0.717) is 18.5 Å². The number of aryl methyl sites for hydroxylation is 2. The van der Waals surface area contributed by atoms with Gasteiger partial charge in [-0.25, -0.2) is 13.9 Å². The highest BCUT2D eigenvalue weighted by Gasteiger charge is 2.38. The first kappa shape index (κ1) is 16.4. The molecule has 1 aromatic carbocycles. The molecule has 7 heteroatoms. The minimum absolute atomic E-state index is 0.00119. The number of hydrogen-bond acceptors (Lipinski definition) is 3. The Morgan fingerprint density at radius 1 is 1.46 bits per heavy atom. The summed E-state index contributed by atoms with van der Waals surface area (Å²) in [7, 11) is 1.48. The summed E-state index contributed by atoms with van der Waals surface area (Å²) in [6.07, 6.45) is 3.56. The smallest absolute Gasteiger partial charge is 0.343 e. The number of rotatable bonds is 5. The van der Waals surface area contributed by atoms with Gasteiger partial charge in [0.05, 0.1) is 0 Å². The largest absolute Gasteiger partial charge is 0.349 e. The average Bonchev–Trinajstić information content (AvgIpc) is 2.84. The van der Waals surface area contributed by atoms with Gasteiger partial charge in [0.1, 0.15) is 5.82 Å². The number of nitrogens with zero attached hydrogens (tertiary/aromatic N) is 2. The predicted molar refractivity (Wildman–Crippen MR) is 87.3 cm³/mol. The number of aromatic amines is 1. The van der Waals surface area contributed by atoms with Crippen LogP contribution < -0.4 is 11.0 Å². The predicted octanol–water partition coefficient (Wildman–Crippen LogP) is 1.70. The molecular weight excluding hydrogens is 311 g/mol. The average molecular weight is 332 g/mol. The fourth-order valence-corrected chi connectivity index (χ4v) is 3.19. The Morgan fingerprint density at radius 3 is 2.79 bits per heavy atom. The second-order valence-corrected chi connectivity index (χ2v) is 6.71. The monoisotopic (exact) mass is 332 g/mol. The third kappa shape index (κ3) is 3.25. The molecule has 1 aromatic heterocycles. The third-order valence-electron chi connectivity index (χ3n) is 4.79. The Morgan fingerprint density at radius 2 is 2.21 bits per heavy atom. The summed E-state index contributed by atoms with van der Waals surface area (Å²) in [5.74, 6) is -0.616. The molecule has 1 heterocycles. The molecular formula is C17H21FN4O2. The molecule has 1 amide bonds. The van der Waals surface area contributed by atoms with E-state index >= 15 is 0 Å². The molecule has 0 spiro atoms. The fraction of sp³-hybridized carbons (Fsp3) is 0.471. The zero-order valence-electron chi connectivity index (χ0n) is 13.9. The number of halogens is 1. The number of aromatic nitrogens is 3. The second kappa shape index (κ2) is 6.22. The van der Waals surface area contributed by atoms with Gasteiger partial charge in [0.15, 0.2) is 0 Å². The number of carbonyl (C=O) groups excluding carboxylic acids is 1. The Kier molecular flexibility index (Phi) is 4.26. The van der Waals surface area contributed by atoms with E-state index in [0.717, 1.165) is 29.5 Å². The van der Waals surface area contributed by atoms with Gasteiger partial charge in [-0.05, 0) is 43.2 Å². The van der Waals surface area contributed by atoms with Gasteiger partial charge in [0.25, 0.3) is 5.91 Å². The van der Waals surface area contributed by atoms with E-state index in [4.69, 9.17) is 0 Å². The van der Waals surface area contributed by atoms with Crippen molar-refractivity contribution in [2.45, 2.75) is 32.6 Å². The Labute approximate surface area is 139 Å². The summed E-state index contributed by atoms with van der Waals surface area (Å²) in [5, 5.41) is 6.67. The maximum Gasteiger partial charge on any atom is 0.343 e. The highest BCUT2D eigenvalue weighted by atomic mass is 19.1. The van der Waals surface area contributed by atoms with E-state index in [1.807, 2.05) is 13.0 Å². The van der Waals surface area contributed by atoms with Gasteiger partial charge in [-0.3, -0.25) is 9.78 Å². The van der Waals surface area contributed by atoms with Crippen LogP contribution in [0.15, 0.2) is 23.0 Å². The Bertz CT molecular complexity index is 820. The van der Waals surface area contributed by atoms with Crippen molar-refractivity contribution in [3.63, 3.8) is 0 Å². The van der Waals surface area contributed by atoms with E-state index in [1.165, 1.54) is 13.1 Å². The molecule has 6 nitrogen and oxygen atoms in total. The number of nitrogens with one attached hydrogen (secondary N) is 2. The van der Waals surface area contributed by atoms with Gasteiger partial charge in [-0.1, -0.05) is 24.1 Å². The molecule has 2 N–H and O–H groups in total. The molecule has 1 aliphatic carbocycles. The van der Waals surface area contributed by atoms with Gasteiger partial charge in [0, 0.05) is 13.6 Å². The number of hydrogen-bond donors (Lipinski definition) is 2. The van der Waals surface area contributed by atoms with Crippen LogP contribution in [0.25, 0.3) is 0 Å². The molecule has 3 rings (SSSR count). The molecule has 128 valence electrons. The van der Waals surface area contributed by atoms with Crippen molar-refractivity contribution < 1.29 is 9.18 Å².